The molecular weight excluding hydrogens is 299 g/mol. The van der Waals surface area contributed by atoms with Gasteiger partial charge >= 0.3 is 6.18 Å². The molecule has 0 fully saturated rings. The number of benzene rings is 1. The summed E-state index contributed by atoms with van der Waals surface area (Å²) in [6, 6.07) is 7.24. The summed E-state index contributed by atoms with van der Waals surface area (Å²) in [6.07, 6.45) is -3.71. The molecule has 0 saturated heterocycles. The maximum atomic E-state index is 12.3. The van der Waals surface area contributed by atoms with Crippen LogP contribution in [0.5, 0.6) is 0 Å². The fourth-order valence-electron chi connectivity index (χ4n) is 1.38. The first-order chi connectivity index (χ1) is 8.99. The zero-order valence-electron chi connectivity index (χ0n) is 9.54. The van der Waals surface area contributed by atoms with Crippen molar-refractivity contribution in [2.75, 3.05) is 11.2 Å². The maximum absolute atomic E-state index is 12.3. The third-order valence-electron chi connectivity index (χ3n) is 2.26. The van der Waals surface area contributed by atoms with E-state index in [9.17, 15) is 13.2 Å². The van der Waals surface area contributed by atoms with Crippen molar-refractivity contribution in [1.29, 1.82) is 0 Å². The summed E-state index contributed by atoms with van der Waals surface area (Å²) in [5.41, 5.74) is 1.72. The van der Waals surface area contributed by atoms with Crippen molar-refractivity contribution in [2.45, 2.75) is 12.6 Å². The van der Waals surface area contributed by atoms with Crippen LogP contribution >= 0.6 is 22.9 Å². The van der Waals surface area contributed by atoms with Gasteiger partial charge in [-0.25, -0.2) is 0 Å². The second kappa shape index (κ2) is 5.75. The molecule has 0 aliphatic rings. The second-order valence-corrected chi connectivity index (χ2v) is 5.03. The fraction of sp³-hybridized carbons (Fsp3) is 0.273. The van der Waals surface area contributed by atoms with Crippen molar-refractivity contribution in [2.24, 2.45) is 0 Å². The second-order valence-electron chi connectivity index (χ2n) is 3.67. The monoisotopic (exact) mass is 307 g/mol. The minimum atomic E-state index is -4.46. The Kier molecular flexibility index (Phi) is 4.26. The fourth-order valence-corrected chi connectivity index (χ4v) is 2.22. The zero-order chi connectivity index (χ0) is 13.9. The van der Waals surface area contributed by atoms with Gasteiger partial charge in [0.15, 0.2) is 0 Å². The van der Waals surface area contributed by atoms with Crippen LogP contribution in [-0.4, -0.2) is 16.1 Å². The highest BCUT2D eigenvalue weighted by Gasteiger charge is 2.35. The number of alkyl halides is 4. The number of aromatic nitrogens is 2. The van der Waals surface area contributed by atoms with E-state index in [1.165, 1.54) is 0 Å². The van der Waals surface area contributed by atoms with Gasteiger partial charge in [-0.2, -0.15) is 13.2 Å². The minimum Gasteiger partial charge on any atom is -0.330 e. The van der Waals surface area contributed by atoms with E-state index in [1.54, 1.807) is 12.1 Å². The Bertz CT molecular complexity index is 539. The van der Waals surface area contributed by atoms with E-state index in [0.29, 0.717) is 22.9 Å². The molecule has 1 N–H and O–H groups in total. The molecule has 0 bridgehead atoms. The van der Waals surface area contributed by atoms with E-state index >= 15 is 0 Å². The molecule has 2 aromatic rings. The molecular formula is C11H9ClF3N3S. The molecule has 19 heavy (non-hydrogen) atoms. The first-order valence-electron chi connectivity index (χ1n) is 5.31. The van der Waals surface area contributed by atoms with E-state index in [1.807, 2.05) is 12.1 Å². The lowest BCUT2D eigenvalue weighted by molar-refractivity contribution is -0.138. The third kappa shape index (κ3) is 3.81. The largest absolute Gasteiger partial charge is 0.445 e. The molecule has 0 aliphatic heterocycles. The molecule has 0 aliphatic carbocycles. The normalized spacial score (nSPS) is 11.6. The van der Waals surface area contributed by atoms with Gasteiger partial charge in [0.2, 0.25) is 10.1 Å². The van der Waals surface area contributed by atoms with Crippen LogP contribution < -0.4 is 5.32 Å². The van der Waals surface area contributed by atoms with Crippen molar-refractivity contribution in [3.05, 3.63) is 34.8 Å². The standard InChI is InChI=1S/C11H9ClF3N3S/c12-6-5-7-1-3-8(4-2-7)16-10-18-17-9(19-10)11(13,14)15/h1-4H,5-6H2,(H,16,18). The number of hydrogen-bond donors (Lipinski definition) is 1. The quantitative estimate of drug-likeness (QED) is 0.865. The van der Waals surface area contributed by atoms with Gasteiger partial charge in [-0.3, -0.25) is 0 Å². The van der Waals surface area contributed by atoms with E-state index in [4.69, 9.17) is 11.6 Å². The smallest absolute Gasteiger partial charge is 0.330 e. The van der Waals surface area contributed by atoms with Gasteiger partial charge in [0, 0.05) is 11.6 Å². The van der Waals surface area contributed by atoms with Crippen LogP contribution in [-0.2, 0) is 12.6 Å². The number of aryl methyl sites for hydroxylation is 1. The highest BCUT2D eigenvalue weighted by Crippen LogP contribution is 2.33. The molecule has 102 valence electrons. The van der Waals surface area contributed by atoms with Crippen LogP contribution in [0.15, 0.2) is 24.3 Å². The lowest BCUT2D eigenvalue weighted by Crippen LogP contribution is -2.03. The number of rotatable bonds is 4. The van der Waals surface area contributed by atoms with Gasteiger partial charge in [-0.05, 0) is 24.1 Å². The lowest BCUT2D eigenvalue weighted by Gasteiger charge is -2.03. The van der Waals surface area contributed by atoms with Crippen molar-refractivity contribution in [3.8, 4) is 0 Å². The summed E-state index contributed by atoms with van der Waals surface area (Å²) in [5.74, 6) is 0.526. The molecule has 0 atom stereocenters. The summed E-state index contributed by atoms with van der Waals surface area (Å²) in [4.78, 5) is 0. The molecule has 0 radical (unpaired) electrons. The van der Waals surface area contributed by atoms with Gasteiger partial charge in [-0.15, -0.1) is 21.8 Å². The summed E-state index contributed by atoms with van der Waals surface area (Å²) >= 11 is 6.08. The van der Waals surface area contributed by atoms with Crippen LogP contribution in [0.4, 0.5) is 24.0 Å². The molecule has 0 spiro atoms. The SMILES string of the molecule is FC(F)(F)c1nnc(Nc2ccc(CCCl)cc2)s1. The predicted octanol–water partition coefficient (Wildman–Crippen LogP) is 4.08. The number of hydrogen-bond acceptors (Lipinski definition) is 4. The number of halogens is 4. The van der Waals surface area contributed by atoms with Gasteiger partial charge < -0.3 is 5.32 Å². The predicted molar refractivity (Wildman–Crippen MR) is 69.1 cm³/mol. The molecule has 1 heterocycles. The summed E-state index contributed by atoms with van der Waals surface area (Å²) < 4.78 is 37.0. The van der Waals surface area contributed by atoms with Crippen LogP contribution in [0, 0.1) is 0 Å². The van der Waals surface area contributed by atoms with Crippen LogP contribution in [0.1, 0.15) is 10.6 Å². The Hall–Kier alpha value is -1.34. The van der Waals surface area contributed by atoms with Gasteiger partial charge in [0.1, 0.15) is 0 Å². The Morgan fingerprint density at radius 1 is 1.16 bits per heavy atom. The molecule has 1 aromatic heterocycles. The highest BCUT2D eigenvalue weighted by molar-refractivity contribution is 7.15. The van der Waals surface area contributed by atoms with E-state index in [-0.39, 0.29) is 5.13 Å². The van der Waals surface area contributed by atoms with E-state index in [0.717, 1.165) is 12.0 Å². The van der Waals surface area contributed by atoms with Gasteiger partial charge in [0.25, 0.3) is 0 Å². The number of nitrogens with zero attached hydrogens (tertiary/aromatic N) is 2. The summed E-state index contributed by atoms with van der Waals surface area (Å²) in [6.45, 7) is 0. The molecule has 8 heteroatoms. The summed E-state index contributed by atoms with van der Waals surface area (Å²) in [5, 5.41) is 8.47. The van der Waals surface area contributed by atoms with E-state index < -0.39 is 11.2 Å². The van der Waals surface area contributed by atoms with Crippen LogP contribution in [0.3, 0.4) is 0 Å². The Morgan fingerprint density at radius 3 is 2.37 bits per heavy atom. The average molecular weight is 308 g/mol. The van der Waals surface area contributed by atoms with Crippen molar-refractivity contribution in [1.82, 2.24) is 10.2 Å². The van der Waals surface area contributed by atoms with Gasteiger partial charge in [-0.1, -0.05) is 23.5 Å². The first-order valence-corrected chi connectivity index (χ1v) is 6.67. The lowest BCUT2D eigenvalue weighted by atomic mass is 10.1. The number of anilines is 2. The molecule has 0 amide bonds. The molecule has 1 aromatic carbocycles. The molecule has 2 rings (SSSR count). The molecule has 0 unspecified atom stereocenters. The van der Waals surface area contributed by atoms with E-state index in [2.05, 4.69) is 15.5 Å². The van der Waals surface area contributed by atoms with Crippen molar-refractivity contribution in [3.63, 3.8) is 0 Å². The Labute approximate surface area is 116 Å². The zero-order valence-corrected chi connectivity index (χ0v) is 11.1. The molecule has 3 nitrogen and oxygen atoms in total. The Balaban J connectivity index is 2.06. The van der Waals surface area contributed by atoms with Gasteiger partial charge in [0.05, 0.1) is 0 Å². The third-order valence-corrected chi connectivity index (χ3v) is 3.33. The van der Waals surface area contributed by atoms with Crippen LogP contribution in [0.25, 0.3) is 0 Å². The highest BCUT2D eigenvalue weighted by atomic mass is 35.5. The minimum absolute atomic E-state index is 0.109. The average Bonchev–Trinajstić information content (AvgIpc) is 2.80. The summed E-state index contributed by atoms with van der Waals surface area (Å²) in [7, 11) is 0. The van der Waals surface area contributed by atoms with Crippen molar-refractivity contribution >= 4 is 33.8 Å². The molecule has 0 saturated carbocycles. The Morgan fingerprint density at radius 2 is 1.84 bits per heavy atom. The maximum Gasteiger partial charge on any atom is 0.445 e. The number of nitrogens with one attached hydrogen (secondary N) is 1. The van der Waals surface area contributed by atoms with Crippen molar-refractivity contribution < 1.29 is 13.2 Å². The first kappa shape index (κ1) is 14.1. The topological polar surface area (TPSA) is 37.8 Å². The van der Waals surface area contributed by atoms with Crippen LogP contribution in [0.2, 0.25) is 0 Å².